The molecule has 0 unspecified atom stereocenters. The maximum atomic E-state index is 15.1. The summed E-state index contributed by atoms with van der Waals surface area (Å²) in [6, 6.07) is -0.575. The lowest BCUT2D eigenvalue weighted by Crippen LogP contribution is -2.63. The van der Waals surface area contributed by atoms with Gasteiger partial charge in [0.25, 0.3) is 0 Å². The van der Waals surface area contributed by atoms with Crippen molar-refractivity contribution < 1.29 is 103 Å². The van der Waals surface area contributed by atoms with Crippen molar-refractivity contribution in [2.75, 3.05) is 32.8 Å². The molecule has 2 saturated heterocycles. The molecular formula is C69H96N14O21. The molecule has 2 aliphatic heterocycles. The van der Waals surface area contributed by atoms with Gasteiger partial charge >= 0.3 is 11.9 Å². The van der Waals surface area contributed by atoms with E-state index in [1.54, 1.807) is 44.3 Å². The van der Waals surface area contributed by atoms with Crippen LogP contribution in [0.15, 0.2) is 79.0 Å². The number of nitrogens with one attached hydrogen (secondary N) is 10. The minimum Gasteiger partial charge on any atom is -0.508 e. The van der Waals surface area contributed by atoms with Gasteiger partial charge < -0.3 is 115 Å². The molecule has 6 rings (SSSR count). The molecule has 104 heavy (non-hydrogen) atoms. The first-order valence-electron chi connectivity index (χ1n) is 34.3. The predicted octanol–water partition coefficient (Wildman–Crippen LogP) is -4.24. The molecule has 0 radical (unpaired) electrons. The first-order valence-corrected chi connectivity index (χ1v) is 34.3. The summed E-state index contributed by atoms with van der Waals surface area (Å²) in [7, 11) is 0. The highest BCUT2D eigenvalue weighted by molar-refractivity contribution is 6.00. The third-order valence-electron chi connectivity index (χ3n) is 18.2. The van der Waals surface area contributed by atoms with Gasteiger partial charge in [-0.2, -0.15) is 0 Å². The standard InChI is InChI=1S/C69H96N14O21/c1-5-35(2)55(69(103)104)79-62(96)48(29-39-19-23-42(89)24-20-39)75-60(94)47(28-38-17-21-41(88)22-18-38)74-61(95)49(30-40-32-72-45-13-7-6-12-43(40)45)76-66(100)53-16-11-27-83(53)68(102)57(37(4)87)81-64(98)51(34-85)78-59(93)46(14-8-9-25-70)73-65(99)52-15-10-26-82(52)67(101)56(36(3)86)80-63(97)50(33-84)77-58(92)44(71)31-54(90)91/h6-7,12-13,17-24,32,35-37,44,46-53,55-57,72,84-89H,5,8-11,14-16,25-31,33-34,70-71H2,1-4H3,(H,73,99)(H,74,95)(H,75,94)(H,76,100)(H,77,92)(H,78,93)(H,79,96)(H,80,97)(H,81,98)(H,90,91)(H,103,104)/t35-,36+,37+,44-,46-,47-,48-,49-,50-,51-,52-,53-,55-,56-,57-/m0/s1. The molecule has 3 aromatic carbocycles. The number of aliphatic hydroxyl groups is 4. The molecule has 0 aliphatic carbocycles. The molecule has 3 heterocycles. The van der Waals surface area contributed by atoms with E-state index in [0.29, 0.717) is 40.4 Å². The SMILES string of the molecule is CC[C@H](C)[C@H](NC(=O)[C@H](Cc1ccc(O)cc1)NC(=O)[C@H](Cc1ccc(O)cc1)NC(=O)[C@H](Cc1c[nH]c2ccccc12)NC(=O)[C@@H]1CCCN1C(=O)[C@@H](NC(=O)[C@H](CO)NC(=O)[C@H](CCCCN)NC(=O)[C@@H]1CCCN1C(=O)[C@@H](NC(=O)[C@H](CO)NC(=O)[C@@H](N)CC(=O)O)[C@@H](C)O)[C@@H](C)O)C(=O)O. The molecule has 4 aromatic rings. The van der Waals surface area contributed by atoms with Gasteiger partial charge in [0, 0.05) is 49.5 Å². The van der Waals surface area contributed by atoms with Crippen molar-refractivity contribution in [3.63, 3.8) is 0 Å². The number of nitrogens with two attached hydrogens (primary N) is 2. The number of amides is 11. The molecule has 22 N–H and O–H groups in total. The number of unbranched alkanes of at least 4 members (excludes halogenated alkanes) is 1. The Bertz CT molecular complexity index is 3670. The summed E-state index contributed by atoms with van der Waals surface area (Å²) in [4.78, 5) is 185. The number of benzene rings is 3. The number of phenols is 2. The van der Waals surface area contributed by atoms with Gasteiger partial charge in [-0.1, -0.05) is 62.7 Å². The fourth-order valence-corrected chi connectivity index (χ4v) is 12.1. The van der Waals surface area contributed by atoms with Gasteiger partial charge in [0.15, 0.2) is 0 Å². The minimum absolute atomic E-state index is 0.00657. The average Bonchev–Trinajstić information content (AvgIpc) is 1.69. The zero-order valence-corrected chi connectivity index (χ0v) is 58.1. The number of aromatic hydroxyl groups is 2. The number of rotatable bonds is 39. The summed E-state index contributed by atoms with van der Waals surface area (Å²) in [6.45, 7) is 3.46. The molecule has 35 heteroatoms. The highest BCUT2D eigenvalue weighted by Gasteiger charge is 2.44. The predicted molar refractivity (Wildman–Crippen MR) is 370 cm³/mol. The Labute approximate surface area is 598 Å². The summed E-state index contributed by atoms with van der Waals surface area (Å²) >= 11 is 0. The molecule has 15 atom stereocenters. The van der Waals surface area contributed by atoms with Crippen LogP contribution < -0.4 is 59.3 Å². The molecule has 35 nitrogen and oxygen atoms in total. The Morgan fingerprint density at radius 2 is 0.942 bits per heavy atom. The number of carboxylic acids is 2. The number of hydrogen-bond acceptors (Lipinski definition) is 21. The van der Waals surface area contributed by atoms with Crippen LogP contribution in [-0.4, -0.2) is 250 Å². The summed E-state index contributed by atoms with van der Waals surface area (Å²) in [5, 5.41) is 105. The molecule has 2 fully saturated rings. The van der Waals surface area contributed by atoms with Gasteiger partial charge in [0.2, 0.25) is 65.0 Å². The van der Waals surface area contributed by atoms with Crippen molar-refractivity contribution in [2.24, 2.45) is 17.4 Å². The van der Waals surface area contributed by atoms with E-state index >= 15 is 4.79 Å². The number of carbonyl (C=O) groups excluding carboxylic acids is 11. The van der Waals surface area contributed by atoms with Crippen LogP contribution in [0.1, 0.15) is 102 Å². The van der Waals surface area contributed by atoms with E-state index < -0.39 is 187 Å². The molecule has 2 aliphatic rings. The summed E-state index contributed by atoms with van der Waals surface area (Å²) in [5.41, 5.74) is 13.4. The highest BCUT2D eigenvalue weighted by Crippen LogP contribution is 2.25. The van der Waals surface area contributed by atoms with Crippen molar-refractivity contribution in [1.29, 1.82) is 0 Å². The monoisotopic (exact) mass is 1460 g/mol. The lowest BCUT2D eigenvalue weighted by Gasteiger charge is -2.32. The van der Waals surface area contributed by atoms with Crippen LogP contribution in [-0.2, 0) is 81.6 Å². The molecular weight excluding hydrogens is 1360 g/mol. The molecule has 0 saturated carbocycles. The topological polar surface area (TPSA) is 566 Å². The minimum atomic E-state index is -1.87. The van der Waals surface area contributed by atoms with Crippen LogP contribution in [0.2, 0.25) is 0 Å². The molecule has 0 spiro atoms. The molecule has 0 bridgehead atoms. The Hall–Kier alpha value is -10.3. The van der Waals surface area contributed by atoms with Gasteiger partial charge in [-0.25, -0.2) is 4.79 Å². The lowest BCUT2D eigenvalue weighted by molar-refractivity contribution is -0.145. The summed E-state index contributed by atoms with van der Waals surface area (Å²) in [6.07, 6.45) is -2.03. The molecule has 568 valence electrons. The van der Waals surface area contributed by atoms with E-state index in [-0.39, 0.29) is 88.9 Å². The number of aromatic nitrogens is 1. The smallest absolute Gasteiger partial charge is 0.326 e. The van der Waals surface area contributed by atoms with Crippen molar-refractivity contribution in [1.82, 2.24) is 62.6 Å². The largest absolute Gasteiger partial charge is 0.508 e. The number of fused-ring (bicyclic) bond motifs is 1. The second-order valence-corrected chi connectivity index (χ2v) is 26.1. The van der Waals surface area contributed by atoms with Gasteiger partial charge in [-0.15, -0.1) is 0 Å². The number of likely N-dealkylation sites (tertiary alicyclic amines) is 2. The number of carboxylic acid groups (broad SMARTS) is 2. The number of H-pyrrole nitrogens is 1. The van der Waals surface area contributed by atoms with Crippen molar-refractivity contribution >= 4 is 87.8 Å². The van der Waals surface area contributed by atoms with Crippen molar-refractivity contribution in [3.8, 4) is 11.5 Å². The van der Waals surface area contributed by atoms with Gasteiger partial charge in [0.1, 0.15) is 78.0 Å². The van der Waals surface area contributed by atoms with Gasteiger partial charge in [-0.05, 0) is 118 Å². The number of aliphatic hydroxyl groups excluding tert-OH is 4. The number of nitrogens with zero attached hydrogens (tertiary/aromatic N) is 2. The lowest BCUT2D eigenvalue weighted by atomic mass is 9.97. The number of carbonyl (C=O) groups is 13. The Morgan fingerprint density at radius 1 is 0.529 bits per heavy atom. The number of para-hydroxylation sites is 1. The van der Waals surface area contributed by atoms with Crippen LogP contribution in [0.3, 0.4) is 0 Å². The zero-order chi connectivity index (χ0) is 76.6. The van der Waals surface area contributed by atoms with Crippen LogP contribution >= 0.6 is 0 Å². The van der Waals surface area contributed by atoms with E-state index in [9.17, 15) is 93.3 Å². The van der Waals surface area contributed by atoms with Crippen LogP contribution in [0, 0.1) is 5.92 Å². The quantitative estimate of drug-likeness (QED) is 0.0188. The third kappa shape index (κ3) is 23.1. The van der Waals surface area contributed by atoms with Gasteiger partial charge in [-0.3, -0.25) is 57.5 Å². The van der Waals surface area contributed by atoms with Crippen LogP contribution in [0.5, 0.6) is 11.5 Å². The first kappa shape index (κ1) is 82.6. The maximum Gasteiger partial charge on any atom is 0.326 e. The second kappa shape index (κ2) is 39.4. The number of aliphatic carboxylic acids is 2. The Morgan fingerprint density at radius 3 is 1.38 bits per heavy atom. The number of aromatic amines is 1. The Kier molecular flexibility index (Phi) is 31.3. The fourth-order valence-electron chi connectivity index (χ4n) is 12.1. The second-order valence-electron chi connectivity index (χ2n) is 26.1. The molecule has 11 amide bonds. The summed E-state index contributed by atoms with van der Waals surface area (Å²) < 4.78 is 0. The number of phenolic OH excluding ortho intramolecular Hbond substituents is 2. The fraction of sp³-hybridized carbons (Fsp3) is 0.522. The van der Waals surface area contributed by atoms with Crippen LogP contribution in [0.4, 0.5) is 0 Å². The van der Waals surface area contributed by atoms with Crippen molar-refractivity contribution in [2.45, 2.75) is 189 Å². The zero-order valence-electron chi connectivity index (χ0n) is 58.1. The molecule has 1 aromatic heterocycles. The normalized spacial score (nSPS) is 18.0. The highest BCUT2D eigenvalue weighted by atomic mass is 16.4. The first-order chi connectivity index (χ1) is 49.4. The van der Waals surface area contributed by atoms with E-state index in [0.717, 1.165) is 23.6 Å². The van der Waals surface area contributed by atoms with Gasteiger partial charge in [0.05, 0.1) is 37.9 Å². The maximum absolute atomic E-state index is 15.1. The Balaban J connectivity index is 1.19. The average molecular weight is 1460 g/mol. The van der Waals surface area contributed by atoms with Crippen LogP contribution in [0.25, 0.3) is 10.9 Å². The van der Waals surface area contributed by atoms with E-state index in [2.05, 4.69) is 52.8 Å². The third-order valence-corrected chi connectivity index (χ3v) is 18.2. The van der Waals surface area contributed by atoms with E-state index in [1.165, 1.54) is 48.5 Å². The number of hydrogen-bond donors (Lipinski definition) is 20. The van der Waals surface area contributed by atoms with E-state index in [1.807, 2.05) is 0 Å². The van der Waals surface area contributed by atoms with E-state index in [4.69, 9.17) is 16.6 Å². The summed E-state index contributed by atoms with van der Waals surface area (Å²) in [5.74, 6) is -14.6. The van der Waals surface area contributed by atoms with Crippen molar-refractivity contribution in [3.05, 3.63) is 95.7 Å².